The summed E-state index contributed by atoms with van der Waals surface area (Å²) < 4.78 is 2.51. The number of halogens is 1. The topological polar surface area (TPSA) is 26.0 Å². The quantitative estimate of drug-likeness (QED) is 0.877. The summed E-state index contributed by atoms with van der Waals surface area (Å²) in [6.07, 6.45) is 0.961. The number of fused-ring (bicyclic) bond motifs is 1. The van der Waals surface area contributed by atoms with Crippen LogP contribution in [0.3, 0.4) is 0 Å². The highest BCUT2D eigenvalue weighted by atomic mass is 79.9. The molecule has 0 radical (unpaired) electrons. The lowest BCUT2D eigenvalue weighted by Gasteiger charge is -1.98. The van der Waals surface area contributed by atoms with Crippen LogP contribution in [0.1, 0.15) is 5.56 Å². The Labute approximate surface area is 89.7 Å². The first-order chi connectivity index (χ1) is 6.33. The van der Waals surface area contributed by atoms with Gasteiger partial charge in [0.05, 0.1) is 0 Å². The van der Waals surface area contributed by atoms with Crippen molar-refractivity contribution in [2.45, 2.75) is 6.42 Å². The Morgan fingerprint density at radius 3 is 3.00 bits per heavy atom. The zero-order chi connectivity index (χ0) is 9.26. The molecular formula is C10H10BrNS. The minimum absolute atomic E-state index is 0.715. The molecule has 1 aromatic heterocycles. The molecule has 0 fully saturated rings. The fraction of sp³-hybridized carbons (Fsp3) is 0.200. The minimum Gasteiger partial charge on any atom is -0.330 e. The van der Waals surface area contributed by atoms with Crippen molar-refractivity contribution in [2.24, 2.45) is 5.73 Å². The van der Waals surface area contributed by atoms with Crippen LogP contribution in [0.4, 0.5) is 0 Å². The molecule has 0 unspecified atom stereocenters. The third-order valence-electron chi connectivity index (χ3n) is 2.04. The first-order valence-corrected chi connectivity index (χ1v) is 5.85. The third kappa shape index (κ3) is 1.64. The van der Waals surface area contributed by atoms with Crippen LogP contribution < -0.4 is 5.73 Å². The molecule has 0 atom stereocenters. The molecule has 0 aliphatic rings. The molecule has 1 nitrogen and oxygen atoms in total. The first-order valence-electron chi connectivity index (χ1n) is 4.17. The van der Waals surface area contributed by atoms with Gasteiger partial charge in [-0.05, 0) is 36.0 Å². The van der Waals surface area contributed by atoms with Gasteiger partial charge in [-0.15, -0.1) is 11.3 Å². The summed E-state index contributed by atoms with van der Waals surface area (Å²) in [5, 5.41) is 3.53. The average Bonchev–Trinajstić information content (AvgIpc) is 2.51. The van der Waals surface area contributed by atoms with Crippen molar-refractivity contribution in [2.75, 3.05) is 6.54 Å². The smallest absolute Gasteiger partial charge is 0.0356 e. The van der Waals surface area contributed by atoms with Crippen molar-refractivity contribution >= 4 is 37.4 Å². The van der Waals surface area contributed by atoms with Crippen LogP contribution in [0.25, 0.3) is 10.1 Å². The molecule has 0 aliphatic carbocycles. The van der Waals surface area contributed by atoms with Crippen LogP contribution >= 0.6 is 27.3 Å². The summed E-state index contributed by atoms with van der Waals surface area (Å²) in [7, 11) is 0. The molecule has 0 aliphatic heterocycles. The van der Waals surface area contributed by atoms with Gasteiger partial charge < -0.3 is 5.73 Å². The largest absolute Gasteiger partial charge is 0.330 e. The van der Waals surface area contributed by atoms with E-state index >= 15 is 0 Å². The van der Waals surface area contributed by atoms with Gasteiger partial charge in [0.2, 0.25) is 0 Å². The molecule has 0 bridgehead atoms. The Morgan fingerprint density at radius 2 is 2.23 bits per heavy atom. The van der Waals surface area contributed by atoms with Crippen LogP contribution in [0.2, 0.25) is 0 Å². The average molecular weight is 256 g/mol. The van der Waals surface area contributed by atoms with Crippen molar-refractivity contribution in [3.63, 3.8) is 0 Å². The molecule has 2 aromatic rings. The Balaban J connectivity index is 2.64. The number of hydrogen-bond acceptors (Lipinski definition) is 2. The number of nitrogens with two attached hydrogens (primary N) is 1. The Bertz CT molecular complexity index is 422. The lowest BCUT2D eigenvalue weighted by Crippen LogP contribution is -2.01. The highest BCUT2D eigenvalue weighted by Crippen LogP contribution is 2.32. The predicted octanol–water partition coefficient (Wildman–Crippen LogP) is 3.17. The van der Waals surface area contributed by atoms with E-state index in [1.54, 1.807) is 11.3 Å². The zero-order valence-corrected chi connectivity index (χ0v) is 9.49. The van der Waals surface area contributed by atoms with Crippen LogP contribution in [0.5, 0.6) is 0 Å². The minimum atomic E-state index is 0.715. The second-order valence-corrected chi connectivity index (χ2v) is 4.68. The van der Waals surface area contributed by atoms with Gasteiger partial charge in [0, 0.05) is 14.6 Å². The van der Waals surface area contributed by atoms with Gasteiger partial charge >= 0.3 is 0 Å². The summed E-state index contributed by atoms with van der Waals surface area (Å²) in [5.41, 5.74) is 6.91. The third-order valence-corrected chi connectivity index (χ3v) is 3.70. The molecule has 0 saturated heterocycles. The van der Waals surface area contributed by atoms with Gasteiger partial charge in [0.15, 0.2) is 0 Å². The Kier molecular flexibility index (Phi) is 2.67. The standard InChI is InChI=1S/C10H10BrNS/c11-8-2-1-3-9-10(8)7(4-5-12)6-13-9/h1-3,6H,4-5,12H2. The van der Waals surface area contributed by atoms with E-state index in [0.717, 1.165) is 6.42 Å². The fourth-order valence-electron chi connectivity index (χ4n) is 1.45. The van der Waals surface area contributed by atoms with E-state index in [2.05, 4.69) is 39.5 Å². The van der Waals surface area contributed by atoms with Gasteiger partial charge in [0.25, 0.3) is 0 Å². The van der Waals surface area contributed by atoms with Gasteiger partial charge in [-0.25, -0.2) is 0 Å². The molecule has 3 heteroatoms. The van der Waals surface area contributed by atoms with Crippen molar-refractivity contribution in [1.29, 1.82) is 0 Å². The molecule has 68 valence electrons. The van der Waals surface area contributed by atoms with E-state index in [1.807, 2.05) is 0 Å². The van der Waals surface area contributed by atoms with Crippen LogP contribution in [-0.2, 0) is 6.42 Å². The van der Waals surface area contributed by atoms with E-state index in [0.29, 0.717) is 6.54 Å². The van der Waals surface area contributed by atoms with Gasteiger partial charge in [-0.3, -0.25) is 0 Å². The molecule has 2 rings (SSSR count). The second kappa shape index (κ2) is 3.78. The van der Waals surface area contributed by atoms with E-state index in [-0.39, 0.29) is 0 Å². The van der Waals surface area contributed by atoms with Crippen LogP contribution in [0.15, 0.2) is 28.1 Å². The monoisotopic (exact) mass is 255 g/mol. The second-order valence-electron chi connectivity index (χ2n) is 2.91. The van der Waals surface area contributed by atoms with Crippen molar-refractivity contribution < 1.29 is 0 Å². The maximum atomic E-state index is 5.55. The van der Waals surface area contributed by atoms with Crippen molar-refractivity contribution in [3.8, 4) is 0 Å². The van der Waals surface area contributed by atoms with E-state index in [4.69, 9.17) is 5.73 Å². The lowest BCUT2D eigenvalue weighted by atomic mass is 10.1. The zero-order valence-electron chi connectivity index (χ0n) is 7.09. The lowest BCUT2D eigenvalue weighted by molar-refractivity contribution is 0.981. The van der Waals surface area contributed by atoms with Crippen molar-refractivity contribution in [1.82, 2.24) is 0 Å². The van der Waals surface area contributed by atoms with E-state index in [9.17, 15) is 0 Å². The predicted molar refractivity (Wildman–Crippen MR) is 62.3 cm³/mol. The maximum Gasteiger partial charge on any atom is 0.0356 e. The molecule has 2 N–H and O–H groups in total. The van der Waals surface area contributed by atoms with Crippen LogP contribution in [-0.4, -0.2) is 6.54 Å². The molecule has 1 aromatic carbocycles. The summed E-state index contributed by atoms with van der Waals surface area (Å²) in [5.74, 6) is 0. The molecule has 0 spiro atoms. The summed E-state index contributed by atoms with van der Waals surface area (Å²) in [6.45, 7) is 0.715. The van der Waals surface area contributed by atoms with Crippen LogP contribution in [0, 0.1) is 0 Å². The normalized spacial score (nSPS) is 10.9. The molecule has 1 heterocycles. The summed E-state index contributed by atoms with van der Waals surface area (Å²) >= 11 is 5.35. The van der Waals surface area contributed by atoms with Gasteiger partial charge in [-0.2, -0.15) is 0 Å². The highest BCUT2D eigenvalue weighted by Gasteiger charge is 2.05. The van der Waals surface area contributed by atoms with E-state index in [1.165, 1.54) is 20.1 Å². The van der Waals surface area contributed by atoms with Gasteiger partial charge in [-0.1, -0.05) is 22.0 Å². The maximum absolute atomic E-state index is 5.55. The number of hydrogen-bond donors (Lipinski definition) is 1. The Morgan fingerprint density at radius 1 is 1.38 bits per heavy atom. The number of thiophene rings is 1. The summed E-state index contributed by atoms with van der Waals surface area (Å²) in [6, 6.07) is 6.29. The number of benzene rings is 1. The van der Waals surface area contributed by atoms with Gasteiger partial charge in [0.1, 0.15) is 0 Å². The molecule has 13 heavy (non-hydrogen) atoms. The van der Waals surface area contributed by atoms with Crippen molar-refractivity contribution in [3.05, 3.63) is 33.6 Å². The van der Waals surface area contributed by atoms with E-state index < -0.39 is 0 Å². The molecule has 0 saturated carbocycles. The first kappa shape index (κ1) is 9.19. The fourth-order valence-corrected chi connectivity index (χ4v) is 3.22. The summed E-state index contributed by atoms with van der Waals surface area (Å²) in [4.78, 5) is 0. The Hall–Kier alpha value is -0.380. The highest BCUT2D eigenvalue weighted by molar-refractivity contribution is 9.10. The molecular weight excluding hydrogens is 246 g/mol. The number of rotatable bonds is 2. The molecule has 0 amide bonds. The SMILES string of the molecule is NCCc1csc2cccc(Br)c12.